The van der Waals surface area contributed by atoms with Crippen LogP contribution in [-0.2, 0) is 0 Å². The van der Waals surface area contributed by atoms with Crippen LogP contribution in [0.15, 0.2) is 54.6 Å². The van der Waals surface area contributed by atoms with Gasteiger partial charge in [-0.05, 0) is 24.1 Å². The molecule has 2 aromatic carbocycles. The Bertz CT molecular complexity index is 835. The third kappa shape index (κ3) is 2.25. The van der Waals surface area contributed by atoms with Gasteiger partial charge in [0.25, 0.3) is 0 Å². The van der Waals surface area contributed by atoms with Gasteiger partial charge < -0.3 is 0 Å². The number of hydrogen-bond acceptors (Lipinski definition) is 1. The minimum atomic E-state index is -0.433. The maximum absolute atomic E-state index is 13.1. The molecule has 3 aromatic rings. The van der Waals surface area contributed by atoms with Crippen LogP contribution in [-0.4, -0.2) is 10.5 Å². The van der Waals surface area contributed by atoms with Gasteiger partial charge in [-0.15, -0.1) is 0 Å². The maximum Gasteiger partial charge on any atom is 0.236 e. The summed E-state index contributed by atoms with van der Waals surface area (Å²) in [5, 5.41) is 1.14. The van der Waals surface area contributed by atoms with Gasteiger partial charge in [-0.2, -0.15) is 0 Å². The van der Waals surface area contributed by atoms with Gasteiger partial charge in [-0.25, -0.2) is 0 Å². The molecule has 0 fully saturated rings. The van der Waals surface area contributed by atoms with Crippen LogP contribution < -0.4 is 0 Å². The highest BCUT2D eigenvalue weighted by Gasteiger charge is 2.28. The third-order valence-corrected chi connectivity index (χ3v) is 4.02. The second-order valence-corrected chi connectivity index (χ2v) is 6.75. The Morgan fingerprint density at radius 2 is 1.50 bits per heavy atom. The molecule has 0 aliphatic heterocycles. The first-order chi connectivity index (χ1) is 10.4. The minimum Gasteiger partial charge on any atom is -0.279 e. The SMILES string of the molecule is Cc1c(-c2ccccc2)n(C(=O)C(C)(C)C)c2ccccc12. The average molecular weight is 291 g/mol. The molecule has 1 aromatic heterocycles. The monoisotopic (exact) mass is 291 g/mol. The summed E-state index contributed by atoms with van der Waals surface area (Å²) in [6, 6.07) is 18.3. The van der Waals surface area contributed by atoms with Gasteiger partial charge in [0.2, 0.25) is 5.91 Å². The van der Waals surface area contributed by atoms with Crippen LogP contribution >= 0.6 is 0 Å². The van der Waals surface area contributed by atoms with Crippen molar-refractivity contribution in [3.05, 3.63) is 60.2 Å². The van der Waals surface area contributed by atoms with Gasteiger partial charge in [0.1, 0.15) is 0 Å². The van der Waals surface area contributed by atoms with Gasteiger partial charge in [-0.3, -0.25) is 9.36 Å². The fourth-order valence-corrected chi connectivity index (χ4v) is 2.89. The predicted octanol–water partition coefficient (Wildman–Crippen LogP) is 5.30. The fraction of sp³-hybridized carbons (Fsp3) is 0.250. The van der Waals surface area contributed by atoms with E-state index in [9.17, 15) is 4.79 Å². The molecule has 0 saturated heterocycles. The van der Waals surface area contributed by atoms with Gasteiger partial charge in [0, 0.05) is 10.8 Å². The molecule has 112 valence electrons. The molecule has 22 heavy (non-hydrogen) atoms. The Labute approximate surface area is 131 Å². The zero-order valence-electron chi connectivity index (χ0n) is 13.6. The number of aryl methyl sites for hydroxylation is 1. The summed E-state index contributed by atoms with van der Waals surface area (Å²) in [4.78, 5) is 13.1. The number of nitrogens with zero attached hydrogens (tertiary/aromatic N) is 1. The molecule has 1 heterocycles. The highest BCUT2D eigenvalue weighted by Crippen LogP contribution is 2.35. The topological polar surface area (TPSA) is 22.0 Å². The molecule has 0 amide bonds. The summed E-state index contributed by atoms with van der Waals surface area (Å²) in [5.74, 6) is 0.121. The number of aromatic nitrogens is 1. The lowest BCUT2D eigenvalue weighted by molar-refractivity contribution is 0.0774. The number of benzene rings is 2. The molecule has 0 unspecified atom stereocenters. The molecular weight excluding hydrogens is 270 g/mol. The van der Waals surface area contributed by atoms with E-state index < -0.39 is 5.41 Å². The Morgan fingerprint density at radius 1 is 0.909 bits per heavy atom. The smallest absolute Gasteiger partial charge is 0.236 e. The van der Waals surface area contributed by atoms with E-state index in [0.717, 1.165) is 27.7 Å². The van der Waals surface area contributed by atoms with E-state index in [0.29, 0.717) is 0 Å². The fourth-order valence-electron chi connectivity index (χ4n) is 2.89. The number of hydrogen-bond donors (Lipinski definition) is 0. The summed E-state index contributed by atoms with van der Waals surface area (Å²) in [7, 11) is 0. The van der Waals surface area contributed by atoms with Gasteiger partial charge >= 0.3 is 0 Å². The van der Waals surface area contributed by atoms with E-state index in [4.69, 9.17) is 0 Å². The maximum atomic E-state index is 13.1. The van der Waals surface area contributed by atoms with Crippen LogP contribution in [0.25, 0.3) is 22.2 Å². The van der Waals surface area contributed by atoms with Gasteiger partial charge in [-0.1, -0.05) is 69.3 Å². The molecule has 0 saturated carbocycles. The third-order valence-electron chi connectivity index (χ3n) is 4.02. The largest absolute Gasteiger partial charge is 0.279 e. The van der Waals surface area contributed by atoms with Crippen LogP contribution in [0.3, 0.4) is 0 Å². The van der Waals surface area contributed by atoms with Crippen molar-refractivity contribution < 1.29 is 4.79 Å². The lowest BCUT2D eigenvalue weighted by Gasteiger charge is -2.20. The molecule has 3 rings (SSSR count). The quantitative estimate of drug-likeness (QED) is 0.596. The number of para-hydroxylation sites is 1. The van der Waals surface area contributed by atoms with Gasteiger partial charge in [0.05, 0.1) is 11.2 Å². The summed E-state index contributed by atoms with van der Waals surface area (Å²) in [6.45, 7) is 7.99. The van der Waals surface area contributed by atoms with Crippen LogP contribution in [0, 0.1) is 12.3 Å². The van der Waals surface area contributed by atoms with Crippen LogP contribution in [0.2, 0.25) is 0 Å². The van der Waals surface area contributed by atoms with E-state index in [1.54, 1.807) is 0 Å². The number of carbonyl (C=O) groups is 1. The Hall–Kier alpha value is -2.35. The van der Waals surface area contributed by atoms with Crippen molar-refractivity contribution in [3.8, 4) is 11.3 Å². The number of carbonyl (C=O) groups excluding carboxylic acids is 1. The second kappa shape index (κ2) is 5.13. The number of rotatable bonds is 1. The predicted molar refractivity (Wildman–Crippen MR) is 92.2 cm³/mol. The van der Waals surface area contributed by atoms with Crippen molar-refractivity contribution in [3.63, 3.8) is 0 Å². The zero-order chi connectivity index (χ0) is 15.9. The Balaban J connectivity index is 2.41. The van der Waals surface area contributed by atoms with Crippen molar-refractivity contribution in [1.82, 2.24) is 4.57 Å². The molecule has 2 heteroatoms. The van der Waals surface area contributed by atoms with Crippen molar-refractivity contribution >= 4 is 16.8 Å². The van der Waals surface area contributed by atoms with Crippen molar-refractivity contribution in [2.24, 2.45) is 5.41 Å². The lowest BCUT2D eigenvalue weighted by Crippen LogP contribution is -2.27. The van der Waals surface area contributed by atoms with E-state index in [1.807, 2.05) is 61.7 Å². The minimum absolute atomic E-state index is 0.121. The normalized spacial score (nSPS) is 11.8. The Kier molecular flexibility index (Phi) is 3.40. The van der Waals surface area contributed by atoms with E-state index in [1.165, 1.54) is 0 Å². The molecule has 0 N–H and O–H groups in total. The number of fused-ring (bicyclic) bond motifs is 1. The average Bonchev–Trinajstić information content (AvgIpc) is 2.80. The van der Waals surface area contributed by atoms with Gasteiger partial charge in [0.15, 0.2) is 0 Å². The first-order valence-corrected chi connectivity index (χ1v) is 7.61. The molecule has 0 radical (unpaired) electrons. The van der Waals surface area contributed by atoms with Crippen LogP contribution in [0.1, 0.15) is 31.1 Å². The zero-order valence-corrected chi connectivity index (χ0v) is 13.6. The lowest BCUT2D eigenvalue weighted by atomic mass is 9.95. The standard InChI is InChI=1S/C20H21NO/c1-14-16-12-8-9-13-17(16)21(19(22)20(2,3)4)18(14)15-10-6-5-7-11-15/h5-13H,1-4H3. The highest BCUT2D eigenvalue weighted by molar-refractivity contribution is 6.02. The van der Waals surface area contributed by atoms with E-state index >= 15 is 0 Å². The molecule has 0 aliphatic rings. The van der Waals surface area contributed by atoms with E-state index in [2.05, 4.69) is 25.1 Å². The first-order valence-electron chi connectivity index (χ1n) is 7.61. The second-order valence-electron chi connectivity index (χ2n) is 6.75. The molecule has 0 atom stereocenters. The van der Waals surface area contributed by atoms with Crippen molar-refractivity contribution in [2.45, 2.75) is 27.7 Å². The molecule has 0 aliphatic carbocycles. The summed E-state index contributed by atoms with van der Waals surface area (Å²) < 4.78 is 1.89. The first kappa shape index (κ1) is 14.6. The highest BCUT2D eigenvalue weighted by atomic mass is 16.2. The van der Waals surface area contributed by atoms with E-state index in [-0.39, 0.29) is 5.91 Å². The Morgan fingerprint density at radius 3 is 2.14 bits per heavy atom. The summed E-state index contributed by atoms with van der Waals surface area (Å²) in [6.07, 6.45) is 0. The van der Waals surface area contributed by atoms with Crippen molar-refractivity contribution in [2.75, 3.05) is 0 Å². The van der Waals surface area contributed by atoms with Crippen LogP contribution in [0.4, 0.5) is 0 Å². The molecule has 2 nitrogen and oxygen atoms in total. The molecule has 0 spiro atoms. The molecule has 0 bridgehead atoms. The molecular formula is C20H21NO. The van der Waals surface area contributed by atoms with Crippen molar-refractivity contribution in [1.29, 1.82) is 0 Å². The summed E-state index contributed by atoms with van der Waals surface area (Å²) in [5.41, 5.74) is 3.78. The summed E-state index contributed by atoms with van der Waals surface area (Å²) >= 11 is 0. The van der Waals surface area contributed by atoms with Crippen LogP contribution in [0.5, 0.6) is 0 Å².